The van der Waals surface area contributed by atoms with Crippen LogP contribution in [0.1, 0.15) is 0 Å². The summed E-state index contributed by atoms with van der Waals surface area (Å²) in [6, 6.07) is 4.76. The third kappa shape index (κ3) is 2.59. The molecule has 0 amide bonds. The van der Waals surface area contributed by atoms with Crippen LogP contribution in [0.2, 0.25) is 5.15 Å². The van der Waals surface area contributed by atoms with Crippen molar-refractivity contribution < 1.29 is 4.92 Å². The highest BCUT2D eigenvalue weighted by molar-refractivity contribution is 9.10. The highest BCUT2D eigenvalue weighted by Crippen LogP contribution is 2.24. The number of nitro groups is 1. The van der Waals surface area contributed by atoms with Crippen molar-refractivity contribution in [3.8, 4) is 5.69 Å². The summed E-state index contributed by atoms with van der Waals surface area (Å²) < 4.78 is 1.12. The second-order valence-electron chi connectivity index (χ2n) is 3.49. The predicted molar refractivity (Wildman–Crippen MR) is 72.0 cm³/mol. The number of H-pyrrole nitrogens is 1. The Bertz CT molecular complexity index is 752. The molecule has 19 heavy (non-hydrogen) atoms. The summed E-state index contributed by atoms with van der Waals surface area (Å²) in [5, 5.41) is 10.6. The number of aromatic nitrogens is 2. The first-order chi connectivity index (χ1) is 8.90. The van der Waals surface area contributed by atoms with Crippen LogP contribution in [0.3, 0.4) is 0 Å². The zero-order valence-electron chi connectivity index (χ0n) is 9.09. The summed E-state index contributed by atoms with van der Waals surface area (Å²) >= 11 is 8.68. The average Bonchev–Trinajstić information content (AvgIpc) is 2.29. The lowest BCUT2D eigenvalue weighted by Crippen LogP contribution is -2.33. The molecule has 0 aliphatic rings. The van der Waals surface area contributed by atoms with Gasteiger partial charge in [0.2, 0.25) is 0 Å². The molecular formula is C10H5BrClN3O4. The van der Waals surface area contributed by atoms with Gasteiger partial charge in [0.25, 0.3) is 11.2 Å². The van der Waals surface area contributed by atoms with Crippen LogP contribution in [0, 0.1) is 10.1 Å². The van der Waals surface area contributed by atoms with E-state index >= 15 is 0 Å². The van der Waals surface area contributed by atoms with Gasteiger partial charge in [0.05, 0.1) is 10.6 Å². The Morgan fingerprint density at radius 1 is 1.32 bits per heavy atom. The first-order valence-electron chi connectivity index (χ1n) is 4.86. The maximum atomic E-state index is 11.8. The molecule has 0 aliphatic carbocycles. The van der Waals surface area contributed by atoms with E-state index in [1.54, 1.807) is 0 Å². The summed E-state index contributed by atoms with van der Waals surface area (Å²) in [6.07, 6.45) is 0. The van der Waals surface area contributed by atoms with Gasteiger partial charge in [-0.2, -0.15) is 0 Å². The average molecular weight is 347 g/mol. The Labute approximate surface area is 118 Å². The molecule has 0 atom stereocenters. The van der Waals surface area contributed by atoms with Crippen molar-refractivity contribution >= 4 is 33.2 Å². The largest absolute Gasteiger partial charge is 0.334 e. The fourth-order valence-corrected chi connectivity index (χ4v) is 2.08. The van der Waals surface area contributed by atoms with Gasteiger partial charge >= 0.3 is 5.69 Å². The van der Waals surface area contributed by atoms with Crippen LogP contribution < -0.4 is 11.2 Å². The Hall–Kier alpha value is -1.93. The van der Waals surface area contributed by atoms with Crippen molar-refractivity contribution in [2.75, 3.05) is 0 Å². The van der Waals surface area contributed by atoms with Crippen molar-refractivity contribution in [1.82, 2.24) is 9.55 Å². The maximum absolute atomic E-state index is 11.8. The zero-order valence-corrected chi connectivity index (χ0v) is 11.4. The van der Waals surface area contributed by atoms with Gasteiger partial charge < -0.3 is 0 Å². The minimum atomic E-state index is -0.779. The Kier molecular flexibility index (Phi) is 3.54. The fraction of sp³-hybridized carbons (Fsp3) is 0. The SMILES string of the molecule is O=c1cc(Cl)[nH]c(=O)n1-c1cc([N+](=O)[O-])ccc1Br. The molecule has 0 spiro atoms. The molecule has 0 radical (unpaired) electrons. The number of rotatable bonds is 2. The number of halogens is 2. The van der Waals surface area contributed by atoms with Crippen molar-refractivity contribution in [3.63, 3.8) is 0 Å². The molecule has 1 heterocycles. The third-order valence-corrected chi connectivity index (χ3v) is 3.16. The van der Waals surface area contributed by atoms with Crippen LogP contribution in [0.25, 0.3) is 5.69 Å². The lowest BCUT2D eigenvalue weighted by Gasteiger charge is -2.06. The number of hydrogen-bond donors (Lipinski definition) is 1. The predicted octanol–water partition coefficient (Wildman–Crippen LogP) is 1.85. The fourth-order valence-electron chi connectivity index (χ4n) is 1.48. The van der Waals surface area contributed by atoms with Crippen LogP contribution in [0.15, 0.2) is 38.3 Å². The number of non-ortho nitro benzene ring substituents is 1. The van der Waals surface area contributed by atoms with Crippen molar-refractivity contribution in [2.45, 2.75) is 0 Å². The van der Waals surface area contributed by atoms with Crippen LogP contribution in [0.4, 0.5) is 5.69 Å². The molecule has 9 heteroatoms. The lowest BCUT2D eigenvalue weighted by molar-refractivity contribution is -0.384. The molecule has 0 aliphatic heterocycles. The van der Waals surface area contributed by atoms with E-state index in [0.29, 0.717) is 4.47 Å². The second-order valence-corrected chi connectivity index (χ2v) is 4.75. The van der Waals surface area contributed by atoms with Crippen molar-refractivity contribution in [3.05, 3.63) is 64.8 Å². The molecule has 2 rings (SSSR count). The number of aromatic amines is 1. The van der Waals surface area contributed by atoms with Crippen molar-refractivity contribution in [1.29, 1.82) is 0 Å². The molecule has 0 saturated heterocycles. The Balaban J connectivity index is 2.79. The van der Waals surface area contributed by atoms with Crippen LogP contribution in [-0.4, -0.2) is 14.5 Å². The number of benzene rings is 1. The van der Waals surface area contributed by atoms with E-state index in [1.165, 1.54) is 12.1 Å². The minimum Gasteiger partial charge on any atom is -0.297 e. The molecule has 7 nitrogen and oxygen atoms in total. The second kappa shape index (κ2) is 4.98. The van der Waals surface area contributed by atoms with Crippen LogP contribution >= 0.6 is 27.5 Å². The van der Waals surface area contributed by atoms with Crippen LogP contribution in [0.5, 0.6) is 0 Å². The number of hydrogen-bond acceptors (Lipinski definition) is 4. The number of nitrogens with one attached hydrogen (secondary N) is 1. The van der Waals surface area contributed by atoms with E-state index < -0.39 is 16.2 Å². The first-order valence-corrected chi connectivity index (χ1v) is 6.03. The van der Waals surface area contributed by atoms with Gasteiger partial charge in [-0.05, 0) is 22.0 Å². The quantitative estimate of drug-likeness (QED) is 0.510. The molecule has 98 valence electrons. The van der Waals surface area contributed by atoms with Gasteiger partial charge in [-0.25, -0.2) is 9.36 Å². The van der Waals surface area contributed by atoms with E-state index in [9.17, 15) is 19.7 Å². The molecular weight excluding hydrogens is 341 g/mol. The van der Waals surface area contributed by atoms with Gasteiger partial charge in [0, 0.05) is 22.7 Å². The zero-order chi connectivity index (χ0) is 14.2. The molecule has 2 aromatic rings. The molecule has 0 bridgehead atoms. The topological polar surface area (TPSA) is 98.0 Å². The van der Waals surface area contributed by atoms with Gasteiger partial charge in [-0.15, -0.1) is 0 Å². The molecule has 0 saturated carbocycles. The smallest absolute Gasteiger partial charge is 0.297 e. The molecule has 1 aromatic carbocycles. The first kappa shape index (κ1) is 13.5. The molecule has 0 fully saturated rings. The summed E-state index contributed by atoms with van der Waals surface area (Å²) in [5.41, 5.74) is -1.63. The summed E-state index contributed by atoms with van der Waals surface area (Å²) in [4.78, 5) is 35.8. The van der Waals surface area contributed by atoms with Gasteiger partial charge in [0.1, 0.15) is 5.15 Å². The van der Waals surface area contributed by atoms with Crippen LogP contribution in [-0.2, 0) is 0 Å². The highest BCUT2D eigenvalue weighted by atomic mass is 79.9. The van der Waals surface area contributed by atoms with Gasteiger partial charge in [-0.1, -0.05) is 11.6 Å². The normalized spacial score (nSPS) is 10.4. The molecule has 1 aromatic heterocycles. The van der Waals surface area contributed by atoms with E-state index in [-0.39, 0.29) is 16.5 Å². The van der Waals surface area contributed by atoms with Crippen molar-refractivity contribution in [2.24, 2.45) is 0 Å². The van der Waals surface area contributed by atoms with E-state index in [2.05, 4.69) is 20.9 Å². The number of nitro benzene ring substituents is 1. The summed E-state index contributed by atoms with van der Waals surface area (Å²) in [7, 11) is 0. The monoisotopic (exact) mass is 345 g/mol. The lowest BCUT2D eigenvalue weighted by atomic mass is 10.3. The molecule has 1 N–H and O–H groups in total. The van der Waals surface area contributed by atoms with Gasteiger partial charge in [0.15, 0.2) is 0 Å². The Morgan fingerprint density at radius 3 is 2.58 bits per heavy atom. The van der Waals surface area contributed by atoms with E-state index in [4.69, 9.17) is 11.6 Å². The third-order valence-electron chi connectivity index (χ3n) is 2.28. The summed E-state index contributed by atoms with van der Waals surface area (Å²) in [5.74, 6) is 0. The van der Waals surface area contributed by atoms with E-state index in [0.717, 1.165) is 16.7 Å². The highest BCUT2D eigenvalue weighted by Gasteiger charge is 2.14. The molecule has 0 unspecified atom stereocenters. The standard InChI is InChI=1S/C10H5BrClN3O4/c11-6-2-1-5(15(18)19)3-7(6)14-9(16)4-8(12)13-10(14)17/h1-4H,(H,13,17). The van der Waals surface area contributed by atoms with Gasteiger partial charge in [-0.3, -0.25) is 19.9 Å². The number of nitrogens with zero attached hydrogens (tertiary/aromatic N) is 2. The summed E-state index contributed by atoms with van der Waals surface area (Å²) in [6.45, 7) is 0. The van der Waals surface area contributed by atoms with E-state index in [1.807, 2.05) is 0 Å². The maximum Gasteiger partial charge on any atom is 0.334 e. The Morgan fingerprint density at radius 2 is 2.00 bits per heavy atom. The minimum absolute atomic E-state index is 0.0668.